The van der Waals surface area contributed by atoms with E-state index in [1.165, 1.54) is 12.1 Å². The Kier molecular flexibility index (Phi) is 6.04. The van der Waals surface area contributed by atoms with Crippen LogP contribution < -0.4 is 4.74 Å². The van der Waals surface area contributed by atoms with Crippen LogP contribution in [0.15, 0.2) is 96.8 Å². The van der Waals surface area contributed by atoms with E-state index in [-0.39, 0.29) is 11.9 Å². The quantitative estimate of drug-likeness (QED) is 0.543. The third kappa shape index (κ3) is 4.46. The van der Waals surface area contributed by atoms with E-state index in [4.69, 9.17) is 14.2 Å². The Balaban J connectivity index is 1.24. The highest BCUT2D eigenvalue weighted by Gasteiger charge is 2.45. The van der Waals surface area contributed by atoms with Crippen molar-refractivity contribution in [3.05, 3.63) is 114 Å². The zero-order valence-corrected chi connectivity index (χ0v) is 17.8. The highest BCUT2D eigenvalue weighted by molar-refractivity contribution is 5.34. The third-order valence-corrected chi connectivity index (χ3v) is 5.89. The number of hydrogen-bond donors (Lipinski definition) is 0. The molecule has 4 nitrogen and oxygen atoms in total. The minimum absolute atomic E-state index is 0.0385. The summed E-state index contributed by atoms with van der Waals surface area (Å²) in [7, 11) is 0. The first-order valence-electron chi connectivity index (χ1n) is 11.0. The molecule has 0 aliphatic carbocycles. The second-order valence-electron chi connectivity index (χ2n) is 8.14. The van der Waals surface area contributed by atoms with Crippen molar-refractivity contribution in [3.8, 4) is 5.75 Å². The maximum atomic E-state index is 13.1. The van der Waals surface area contributed by atoms with Gasteiger partial charge in [0.25, 0.3) is 0 Å². The van der Waals surface area contributed by atoms with E-state index in [0.29, 0.717) is 12.4 Å². The molecular formula is C27H26FNO3. The minimum Gasteiger partial charge on any atom is -0.462 e. The number of ether oxygens (including phenoxy) is 3. The number of hydrogen-bond acceptors (Lipinski definition) is 4. The van der Waals surface area contributed by atoms with Crippen molar-refractivity contribution in [2.24, 2.45) is 0 Å². The molecule has 0 radical (unpaired) electrons. The lowest BCUT2D eigenvalue weighted by Gasteiger charge is -2.31. The molecule has 32 heavy (non-hydrogen) atoms. The summed E-state index contributed by atoms with van der Waals surface area (Å²) in [6, 6.07) is 26.4. The molecule has 2 aliphatic heterocycles. The Morgan fingerprint density at radius 2 is 1.56 bits per heavy atom. The molecular weight excluding hydrogens is 405 g/mol. The van der Waals surface area contributed by atoms with Crippen LogP contribution in [0.1, 0.15) is 17.5 Å². The zero-order chi connectivity index (χ0) is 21.8. The Labute approximate surface area is 187 Å². The van der Waals surface area contributed by atoms with Crippen LogP contribution in [0.5, 0.6) is 5.75 Å². The van der Waals surface area contributed by atoms with Crippen LogP contribution in [0.2, 0.25) is 0 Å². The van der Waals surface area contributed by atoms with Gasteiger partial charge in [-0.1, -0.05) is 60.7 Å². The second kappa shape index (κ2) is 9.25. The van der Waals surface area contributed by atoms with Crippen molar-refractivity contribution in [3.63, 3.8) is 0 Å². The van der Waals surface area contributed by atoms with Crippen LogP contribution >= 0.6 is 0 Å². The summed E-state index contributed by atoms with van der Waals surface area (Å²) in [5.74, 6) is 0.436. The molecule has 3 aromatic carbocycles. The third-order valence-electron chi connectivity index (χ3n) is 5.89. The summed E-state index contributed by atoms with van der Waals surface area (Å²) in [6.45, 7) is 2.96. The first kappa shape index (κ1) is 20.9. The highest BCUT2D eigenvalue weighted by Crippen LogP contribution is 2.40. The summed E-state index contributed by atoms with van der Waals surface area (Å²) in [4.78, 5) is 2.34. The van der Waals surface area contributed by atoms with E-state index in [2.05, 4.69) is 35.2 Å². The molecule has 5 rings (SSSR count). The summed E-state index contributed by atoms with van der Waals surface area (Å²) >= 11 is 0. The molecule has 0 bridgehead atoms. The fraction of sp³-hybridized carbons (Fsp3) is 0.259. The van der Waals surface area contributed by atoms with Crippen molar-refractivity contribution in [2.45, 2.75) is 18.3 Å². The van der Waals surface area contributed by atoms with Gasteiger partial charge in [-0.15, -0.1) is 0 Å². The van der Waals surface area contributed by atoms with Gasteiger partial charge in [0, 0.05) is 37.2 Å². The number of nitrogens with zero attached hydrogens (tertiary/aromatic N) is 1. The van der Waals surface area contributed by atoms with Crippen molar-refractivity contribution < 1.29 is 18.6 Å². The van der Waals surface area contributed by atoms with Gasteiger partial charge in [0.15, 0.2) is 0 Å². The van der Waals surface area contributed by atoms with Crippen molar-refractivity contribution in [1.29, 1.82) is 0 Å². The first-order chi connectivity index (χ1) is 15.7. The van der Waals surface area contributed by atoms with Gasteiger partial charge in [0.05, 0.1) is 12.7 Å². The van der Waals surface area contributed by atoms with Crippen LogP contribution in [0, 0.1) is 5.82 Å². The van der Waals surface area contributed by atoms with Gasteiger partial charge in [0.2, 0.25) is 5.79 Å². The van der Waals surface area contributed by atoms with Gasteiger partial charge in [-0.3, -0.25) is 4.90 Å². The molecule has 2 heterocycles. The van der Waals surface area contributed by atoms with E-state index in [1.807, 2.05) is 36.4 Å². The fourth-order valence-corrected chi connectivity index (χ4v) is 4.28. The van der Waals surface area contributed by atoms with Crippen molar-refractivity contribution in [1.82, 2.24) is 4.90 Å². The molecule has 5 heteroatoms. The maximum absolute atomic E-state index is 13.1. The van der Waals surface area contributed by atoms with Gasteiger partial charge >= 0.3 is 0 Å². The molecule has 0 saturated carbocycles. The van der Waals surface area contributed by atoms with Crippen molar-refractivity contribution >= 4 is 0 Å². The van der Waals surface area contributed by atoms with E-state index in [0.717, 1.165) is 42.9 Å². The normalized spacial score (nSPS) is 20.7. The molecule has 1 fully saturated rings. The predicted octanol–water partition coefficient (Wildman–Crippen LogP) is 5.11. The van der Waals surface area contributed by atoms with Crippen molar-refractivity contribution in [2.75, 3.05) is 26.2 Å². The first-order valence-corrected chi connectivity index (χ1v) is 11.0. The lowest BCUT2D eigenvalue weighted by molar-refractivity contribution is -0.144. The Hall–Kier alpha value is -2.99. The lowest BCUT2D eigenvalue weighted by Crippen LogP contribution is -2.38. The van der Waals surface area contributed by atoms with E-state index in [1.54, 1.807) is 12.1 Å². The second-order valence-corrected chi connectivity index (χ2v) is 8.14. The summed E-state index contributed by atoms with van der Waals surface area (Å²) in [5, 5.41) is 0. The highest BCUT2D eigenvalue weighted by atomic mass is 19.1. The number of benzene rings is 3. The van der Waals surface area contributed by atoms with Crippen LogP contribution in [0.4, 0.5) is 4.39 Å². The molecule has 0 aromatic heterocycles. The molecule has 0 unspecified atom stereocenters. The molecule has 0 N–H and O–H groups in total. The van der Waals surface area contributed by atoms with Crippen LogP contribution in [0.3, 0.4) is 0 Å². The van der Waals surface area contributed by atoms with E-state index >= 15 is 0 Å². The monoisotopic (exact) mass is 431 g/mol. The lowest BCUT2D eigenvalue weighted by atomic mass is 9.97. The average Bonchev–Trinajstić information content (AvgIpc) is 3.28. The Bertz CT molecular complexity index is 1010. The van der Waals surface area contributed by atoms with Gasteiger partial charge in [-0.25, -0.2) is 4.39 Å². The zero-order valence-electron chi connectivity index (χ0n) is 17.8. The van der Waals surface area contributed by atoms with Gasteiger partial charge in [0.1, 0.15) is 17.3 Å². The summed E-state index contributed by atoms with van der Waals surface area (Å²) in [5.41, 5.74) is 2.00. The van der Waals surface area contributed by atoms with E-state index < -0.39 is 5.79 Å². The molecule has 3 aromatic rings. The summed E-state index contributed by atoms with van der Waals surface area (Å²) < 4.78 is 31.9. The Morgan fingerprint density at radius 1 is 0.906 bits per heavy atom. The van der Waals surface area contributed by atoms with Gasteiger partial charge < -0.3 is 14.2 Å². The largest absolute Gasteiger partial charge is 0.462 e. The fourth-order valence-electron chi connectivity index (χ4n) is 4.28. The average molecular weight is 432 g/mol. The van der Waals surface area contributed by atoms with Crippen LogP contribution in [0.25, 0.3) is 0 Å². The minimum atomic E-state index is -0.879. The van der Waals surface area contributed by atoms with Crippen LogP contribution in [-0.2, 0) is 15.3 Å². The van der Waals surface area contributed by atoms with Gasteiger partial charge in [-0.05, 0) is 30.3 Å². The molecule has 2 aliphatic rings. The predicted molar refractivity (Wildman–Crippen MR) is 121 cm³/mol. The molecule has 0 spiro atoms. The smallest absolute Gasteiger partial charge is 0.222 e. The van der Waals surface area contributed by atoms with E-state index in [9.17, 15) is 4.39 Å². The Morgan fingerprint density at radius 3 is 2.16 bits per heavy atom. The van der Waals surface area contributed by atoms with Gasteiger partial charge in [-0.2, -0.15) is 0 Å². The summed E-state index contributed by atoms with van der Waals surface area (Å²) in [6.07, 6.45) is 2.85. The maximum Gasteiger partial charge on any atom is 0.222 e. The topological polar surface area (TPSA) is 30.9 Å². The standard InChI is InChI=1S/C27H26FNO3/c28-23-11-13-24(14-12-23)31-25-15-17-29(18-16-25)19-26-20-30-27(32-26,21-7-3-1-4-8-21)22-9-5-2-6-10-22/h1-15,26H,16-20H2/t26-/m0/s1. The number of rotatable bonds is 6. The molecule has 1 saturated heterocycles. The SMILES string of the molecule is Fc1ccc(OC2=CCN(C[C@H]3COC(c4ccccc4)(c4ccccc4)O3)CC2)cc1. The molecule has 1 atom stereocenters. The number of halogens is 1. The van der Waals surface area contributed by atoms with Crippen LogP contribution in [-0.4, -0.2) is 37.2 Å². The molecule has 0 amide bonds. The molecule has 164 valence electrons.